The molecule has 6 heterocycles. The maximum Gasteiger partial charge on any atom is 0.319 e. The predicted octanol–water partition coefficient (Wildman–Crippen LogP) is 8.39. The van der Waals surface area contributed by atoms with Crippen molar-refractivity contribution in [3.05, 3.63) is 113 Å². The van der Waals surface area contributed by atoms with Gasteiger partial charge in [-0.1, -0.05) is 30.3 Å². The second-order valence-electron chi connectivity index (χ2n) is 16.4. The van der Waals surface area contributed by atoms with Gasteiger partial charge in [-0.25, -0.2) is 23.1 Å². The molecule has 3 aromatic carbocycles. The molecular weight excluding hydrogens is 798 g/mol. The second-order valence-corrected chi connectivity index (χ2v) is 16.4. The number of rotatable bonds is 13. The lowest BCUT2D eigenvalue weighted by molar-refractivity contribution is 0.107. The zero-order valence-electron chi connectivity index (χ0n) is 35.2. The Morgan fingerprint density at radius 1 is 0.935 bits per heavy atom. The molecule has 0 spiro atoms. The molecule has 0 aliphatic carbocycles. The van der Waals surface area contributed by atoms with Crippen LogP contribution in [-0.4, -0.2) is 83.6 Å². The first kappa shape index (κ1) is 41.0. The number of anilines is 3. The molecule has 15 heteroatoms. The van der Waals surface area contributed by atoms with Crippen molar-refractivity contribution in [2.45, 2.75) is 64.0 Å². The molecule has 0 unspecified atom stereocenters. The molecule has 2 N–H and O–H groups in total. The molecule has 3 aliphatic rings. The first-order valence-corrected chi connectivity index (χ1v) is 20.9. The fraction of sp³-hybridized carbons (Fsp3) is 0.362. The van der Waals surface area contributed by atoms with E-state index in [1.807, 2.05) is 78.2 Å². The Bertz CT molecular complexity index is 2550. The summed E-state index contributed by atoms with van der Waals surface area (Å²) in [6.45, 7) is 6.13. The number of ether oxygens (including phenoxy) is 4. The first-order valence-electron chi connectivity index (χ1n) is 20.9. The van der Waals surface area contributed by atoms with E-state index in [1.54, 1.807) is 38.6 Å². The minimum Gasteiger partial charge on any atom is -0.497 e. The number of benzene rings is 3. The monoisotopic (exact) mass is 846 g/mol. The van der Waals surface area contributed by atoms with Crippen LogP contribution in [0.5, 0.6) is 23.4 Å². The topological polar surface area (TPSA) is 124 Å². The molecule has 0 amide bonds. The summed E-state index contributed by atoms with van der Waals surface area (Å²) in [5.74, 6) is 0.578. The van der Waals surface area contributed by atoms with Crippen LogP contribution < -0.4 is 34.5 Å². The van der Waals surface area contributed by atoms with Crippen molar-refractivity contribution in [1.82, 2.24) is 24.8 Å². The number of halogens is 3. The van der Waals surface area contributed by atoms with Gasteiger partial charge in [0.05, 0.1) is 38.0 Å². The van der Waals surface area contributed by atoms with E-state index in [2.05, 4.69) is 14.9 Å². The summed E-state index contributed by atoms with van der Waals surface area (Å²) in [4.78, 5) is 24.6. The molecule has 3 atom stereocenters. The number of aromatic nitrogens is 4. The molecule has 0 saturated carbocycles. The Morgan fingerprint density at radius 2 is 1.65 bits per heavy atom. The highest BCUT2D eigenvalue weighted by Gasteiger charge is 2.49. The maximum atomic E-state index is 17.6. The molecule has 3 aromatic heterocycles. The van der Waals surface area contributed by atoms with Gasteiger partial charge in [0.2, 0.25) is 5.88 Å². The van der Waals surface area contributed by atoms with E-state index >= 15 is 8.78 Å². The summed E-state index contributed by atoms with van der Waals surface area (Å²) in [6.07, 6.45) is 2.67. The molecule has 62 heavy (non-hydrogen) atoms. The van der Waals surface area contributed by atoms with Crippen molar-refractivity contribution >= 4 is 28.2 Å². The Labute approximate surface area is 358 Å². The van der Waals surface area contributed by atoms with Crippen molar-refractivity contribution in [3.63, 3.8) is 0 Å². The predicted molar refractivity (Wildman–Crippen MR) is 232 cm³/mol. The van der Waals surface area contributed by atoms with Gasteiger partial charge in [-0.15, -0.1) is 0 Å². The third-order valence-corrected chi connectivity index (χ3v) is 12.4. The summed E-state index contributed by atoms with van der Waals surface area (Å²) in [7, 11) is 3.21. The molecule has 0 radical (unpaired) electrons. The smallest absolute Gasteiger partial charge is 0.319 e. The average Bonchev–Trinajstić information content (AvgIpc) is 3.74. The Kier molecular flexibility index (Phi) is 11.1. The van der Waals surface area contributed by atoms with Crippen LogP contribution in [0.1, 0.15) is 54.5 Å². The van der Waals surface area contributed by atoms with Gasteiger partial charge in [0, 0.05) is 43.4 Å². The third-order valence-electron chi connectivity index (χ3n) is 12.4. The Balaban J connectivity index is 1.17. The summed E-state index contributed by atoms with van der Waals surface area (Å²) < 4.78 is 73.3. The van der Waals surface area contributed by atoms with E-state index in [-0.39, 0.29) is 53.0 Å². The normalized spacial score (nSPS) is 18.9. The van der Waals surface area contributed by atoms with E-state index in [4.69, 9.17) is 34.6 Å². The van der Waals surface area contributed by atoms with Crippen molar-refractivity contribution in [2.75, 3.05) is 62.6 Å². The molecule has 2 fully saturated rings. The lowest BCUT2D eigenvalue weighted by atomic mass is 9.95. The second kappa shape index (κ2) is 16.8. The Hall–Kier alpha value is -6.35. The fourth-order valence-electron chi connectivity index (χ4n) is 9.26. The fourth-order valence-corrected chi connectivity index (χ4v) is 9.26. The third kappa shape index (κ3) is 7.74. The number of alkyl halides is 1. The number of nitrogens with two attached hydrogens (primary N) is 1. The number of hydrogen-bond acceptors (Lipinski definition) is 12. The van der Waals surface area contributed by atoms with Crippen molar-refractivity contribution in [1.29, 1.82) is 0 Å². The number of fused-ring (bicyclic) bond motifs is 1. The molecule has 9 rings (SSSR count). The van der Waals surface area contributed by atoms with E-state index in [0.29, 0.717) is 61.3 Å². The van der Waals surface area contributed by atoms with Gasteiger partial charge in [0.1, 0.15) is 59.1 Å². The van der Waals surface area contributed by atoms with Crippen LogP contribution >= 0.6 is 0 Å². The maximum absolute atomic E-state index is 17.6. The molecule has 0 bridgehead atoms. The van der Waals surface area contributed by atoms with Crippen LogP contribution in [0.2, 0.25) is 0 Å². The lowest BCUT2D eigenvalue weighted by Gasteiger charge is -2.32. The molecule has 2 saturated heterocycles. The van der Waals surface area contributed by atoms with Gasteiger partial charge >= 0.3 is 6.01 Å². The van der Waals surface area contributed by atoms with Crippen molar-refractivity contribution in [3.8, 4) is 34.6 Å². The largest absolute Gasteiger partial charge is 0.497 e. The number of hydrogen-bond donors (Lipinski definition) is 1. The average molecular weight is 847 g/mol. The lowest BCUT2D eigenvalue weighted by Crippen LogP contribution is -2.43. The van der Waals surface area contributed by atoms with Crippen molar-refractivity contribution in [2.24, 2.45) is 0 Å². The quantitative estimate of drug-likeness (QED) is 0.120. The Morgan fingerprint density at radius 3 is 2.32 bits per heavy atom. The molecule has 6 aromatic rings. The zero-order chi connectivity index (χ0) is 43.1. The summed E-state index contributed by atoms with van der Waals surface area (Å²) >= 11 is 0. The van der Waals surface area contributed by atoms with Crippen LogP contribution in [-0.2, 0) is 13.1 Å². The van der Waals surface area contributed by atoms with Gasteiger partial charge in [0.15, 0.2) is 11.6 Å². The number of nitrogens with zero attached hydrogens (tertiary/aromatic N) is 7. The van der Waals surface area contributed by atoms with Gasteiger partial charge in [0.25, 0.3) is 0 Å². The van der Waals surface area contributed by atoms with Gasteiger partial charge < -0.3 is 34.5 Å². The van der Waals surface area contributed by atoms with Crippen LogP contribution in [0.25, 0.3) is 22.2 Å². The highest BCUT2D eigenvalue weighted by molar-refractivity contribution is 5.97. The minimum absolute atomic E-state index is 0.0548. The van der Waals surface area contributed by atoms with Gasteiger partial charge in [-0.3, -0.25) is 4.90 Å². The highest BCUT2D eigenvalue weighted by Crippen LogP contribution is 2.45. The molecule has 3 aliphatic heterocycles. The van der Waals surface area contributed by atoms with Crippen LogP contribution in [0.4, 0.5) is 30.5 Å². The number of pyridine rings is 2. The van der Waals surface area contributed by atoms with E-state index < -0.39 is 29.4 Å². The summed E-state index contributed by atoms with van der Waals surface area (Å²) in [5.41, 5.74) is 8.87. The van der Waals surface area contributed by atoms with E-state index in [0.717, 1.165) is 36.1 Å². The van der Waals surface area contributed by atoms with Crippen LogP contribution in [0.15, 0.2) is 79.0 Å². The molecule has 322 valence electrons. The summed E-state index contributed by atoms with van der Waals surface area (Å²) in [5, 5.41) is 0.213. The van der Waals surface area contributed by atoms with E-state index in [9.17, 15) is 4.39 Å². The first-order chi connectivity index (χ1) is 30.0. The van der Waals surface area contributed by atoms with Gasteiger partial charge in [-0.2, -0.15) is 9.97 Å². The SMILES string of the molecule is COc1ccc(CN(Cc2ccc(OC)cc2)c2cc(C)cc(-c3nc4c5c(nc(OC[C@@]67CCCN6C[C@H](F)C7)nc5c3F)N([C@H](C)c3cccnc3N)CCO4)c2F)cc1. The molecule has 12 nitrogen and oxygen atoms in total. The molecular formula is C47H49F3N8O4. The van der Waals surface area contributed by atoms with Gasteiger partial charge in [-0.05, 0) is 92.4 Å². The van der Waals surface area contributed by atoms with Crippen LogP contribution in [0, 0.1) is 18.6 Å². The standard InChI is InChI=1S/C47H49F3N8O4/c1-28-21-36(39(49)37(22-28)56(24-30-8-12-33(59-3)13-9-30)25-31-10-14-34(60-4)15-11-31)41-40(50)42-38-44(55-46(54-42)62-27-47-16-6-18-57(47)26-32(48)23-47)58(19-20-61-45(38)53-41)29(2)35-7-5-17-52-43(35)51/h5,7-15,17,21-22,29,32H,6,16,18-20,23-27H2,1-4H3,(H2,51,52)/t29-,32-,47+/m1/s1. The highest BCUT2D eigenvalue weighted by atomic mass is 19.1. The van der Waals surface area contributed by atoms with Crippen LogP contribution in [0.3, 0.4) is 0 Å². The number of aryl methyl sites for hydroxylation is 1. The van der Waals surface area contributed by atoms with Crippen molar-refractivity contribution < 1.29 is 32.1 Å². The number of nitrogen functional groups attached to an aromatic ring is 1. The van der Waals surface area contributed by atoms with E-state index in [1.165, 1.54) is 0 Å². The number of methoxy groups -OCH3 is 2. The minimum atomic E-state index is -0.967. The summed E-state index contributed by atoms with van der Waals surface area (Å²) in [6, 6.07) is 21.7. The zero-order valence-corrected chi connectivity index (χ0v) is 35.2.